The van der Waals surface area contributed by atoms with Gasteiger partial charge in [0.1, 0.15) is 0 Å². The average Bonchev–Trinajstić information content (AvgIpc) is 3.24. The maximum atomic E-state index is 12.9. The number of carboxylic acid groups (broad SMARTS) is 1. The molecule has 5 nitrogen and oxygen atoms in total. The Morgan fingerprint density at radius 1 is 1.30 bits per heavy atom. The maximum absolute atomic E-state index is 12.9. The van der Waals surface area contributed by atoms with Crippen LogP contribution >= 0.6 is 0 Å². The van der Waals surface area contributed by atoms with Crippen molar-refractivity contribution in [2.45, 2.75) is 52.0 Å². The molecular weight excluding hydrogens is 256 g/mol. The van der Waals surface area contributed by atoms with Crippen LogP contribution in [0.3, 0.4) is 0 Å². The summed E-state index contributed by atoms with van der Waals surface area (Å²) in [6.07, 6.45) is 4.26. The van der Waals surface area contributed by atoms with Crippen LogP contribution in [0.1, 0.15) is 46.0 Å². The Labute approximate surface area is 120 Å². The highest BCUT2D eigenvalue weighted by Gasteiger charge is 2.43. The fourth-order valence-corrected chi connectivity index (χ4v) is 3.06. The van der Waals surface area contributed by atoms with E-state index in [1.165, 1.54) is 0 Å². The second-order valence-electron chi connectivity index (χ2n) is 6.64. The highest BCUT2D eigenvalue weighted by atomic mass is 16.4. The topological polar surface area (TPSA) is 69.6 Å². The molecule has 1 unspecified atom stereocenters. The Bertz CT molecular complexity index is 371. The average molecular weight is 282 g/mol. The molecule has 0 spiro atoms. The lowest BCUT2D eigenvalue weighted by atomic mass is 9.74. The number of nitrogens with one attached hydrogen (secondary N) is 1. The SMILES string of the molecule is CC(C)(C(=O)N(CCC(=O)O)C1CC1)C1CCCNC1. The third kappa shape index (κ3) is 3.51. The number of carbonyl (C=O) groups excluding carboxylic acids is 1. The van der Waals surface area contributed by atoms with Gasteiger partial charge in [-0.1, -0.05) is 13.8 Å². The van der Waals surface area contributed by atoms with Crippen LogP contribution < -0.4 is 5.32 Å². The molecule has 114 valence electrons. The van der Waals surface area contributed by atoms with E-state index in [0.29, 0.717) is 12.5 Å². The quantitative estimate of drug-likeness (QED) is 0.774. The predicted octanol–water partition coefficient (Wildman–Crippen LogP) is 1.48. The molecule has 2 rings (SSSR count). The summed E-state index contributed by atoms with van der Waals surface area (Å²) in [5, 5.41) is 12.2. The third-order valence-corrected chi connectivity index (χ3v) is 4.68. The van der Waals surface area contributed by atoms with Gasteiger partial charge in [-0.15, -0.1) is 0 Å². The maximum Gasteiger partial charge on any atom is 0.305 e. The number of piperidine rings is 1. The number of hydrogen-bond acceptors (Lipinski definition) is 3. The van der Waals surface area contributed by atoms with E-state index in [1.54, 1.807) is 0 Å². The third-order valence-electron chi connectivity index (χ3n) is 4.68. The fourth-order valence-electron chi connectivity index (χ4n) is 3.06. The molecule has 0 aromatic rings. The molecule has 1 heterocycles. The molecule has 2 fully saturated rings. The van der Waals surface area contributed by atoms with Crippen molar-refractivity contribution in [2.24, 2.45) is 11.3 Å². The van der Waals surface area contributed by atoms with Gasteiger partial charge in [-0.05, 0) is 44.7 Å². The van der Waals surface area contributed by atoms with Gasteiger partial charge in [0.25, 0.3) is 0 Å². The van der Waals surface area contributed by atoms with Gasteiger partial charge >= 0.3 is 5.97 Å². The van der Waals surface area contributed by atoms with Gasteiger partial charge in [-0.25, -0.2) is 0 Å². The monoisotopic (exact) mass is 282 g/mol. The Hall–Kier alpha value is -1.10. The highest BCUT2D eigenvalue weighted by molar-refractivity contribution is 5.83. The lowest BCUT2D eigenvalue weighted by Crippen LogP contribution is -2.50. The summed E-state index contributed by atoms with van der Waals surface area (Å²) in [6.45, 7) is 6.30. The van der Waals surface area contributed by atoms with Gasteiger partial charge in [0.15, 0.2) is 0 Å². The summed E-state index contributed by atoms with van der Waals surface area (Å²) in [4.78, 5) is 25.5. The normalized spacial score (nSPS) is 23.4. The van der Waals surface area contributed by atoms with Crippen LogP contribution in [0.15, 0.2) is 0 Å². The van der Waals surface area contributed by atoms with Gasteiger partial charge in [-0.3, -0.25) is 9.59 Å². The van der Waals surface area contributed by atoms with E-state index < -0.39 is 11.4 Å². The molecule has 20 heavy (non-hydrogen) atoms. The van der Waals surface area contributed by atoms with Crippen LogP contribution in [0.25, 0.3) is 0 Å². The van der Waals surface area contributed by atoms with Crippen LogP contribution in [0.5, 0.6) is 0 Å². The molecule has 1 saturated heterocycles. The van der Waals surface area contributed by atoms with Crippen molar-refractivity contribution in [2.75, 3.05) is 19.6 Å². The molecule has 0 aromatic carbocycles. The molecule has 0 radical (unpaired) electrons. The molecule has 1 amide bonds. The summed E-state index contributed by atoms with van der Waals surface area (Å²) in [7, 11) is 0. The van der Waals surface area contributed by atoms with E-state index in [1.807, 2.05) is 18.7 Å². The minimum atomic E-state index is -0.833. The summed E-state index contributed by atoms with van der Waals surface area (Å²) < 4.78 is 0. The molecular formula is C15H26N2O3. The smallest absolute Gasteiger partial charge is 0.305 e. The number of aliphatic carboxylic acids is 1. The van der Waals surface area contributed by atoms with Crippen LogP contribution in [0.2, 0.25) is 0 Å². The number of amides is 1. The Kier molecular flexibility index (Phi) is 4.68. The molecule has 0 bridgehead atoms. The summed E-state index contributed by atoms with van der Waals surface area (Å²) in [6, 6.07) is 0.276. The van der Waals surface area contributed by atoms with Gasteiger partial charge in [0.2, 0.25) is 5.91 Å². The second kappa shape index (κ2) is 6.12. The van der Waals surface area contributed by atoms with Gasteiger partial charge < -0.3 is 15.3 Å². The van der Waals surface area contributed by atoms with Crippen LogP contribution in [-0.2, 0) is 9.59 Å². The number of hydrogen-bond donors (Lipinski definition) is 2. The van der Waals surface area contributed by atoms with Crippen LogP contribution in [-0.4, -0.2) is 47.6 Å². The van der Waals surface area contributed by atoms with Crippen molar-refractivity contribution in [3.05, 3.63) is 0 Å². The predicted molar refractivity (Wildman–Crippen MR) is 76.4 cm³/mol. The number of rotatable bonds is 6. The molecule has 1 atom stereocenters. The number of carbonyl (C=O) groups is 2. The minimum Gasteiger partial charge on any atom is -0.481 e. The summed E-state index contributed by atoms with van der Waals surface area (Å²) >= 11 is 0. The first-order valence-electron chi connectivity index (χ1n) is 7.66. The zero-order valence-corrected chi connectivity index (χ0v) is 12.5. The lowest BCUT2D eigenvalue weighted by molar-refractivity contribution is -0.146. The van der Waals surface area contributed by atoms with E-state index in [9.17, 15) is 9.59 Å². The standard InChI is InChI=1S/C15H26N2O3/c1-15(2,11-4-3-8-16-10-11)14(20)17(12-5-6-12)9-7-13(18)19/h11-12,16H,3-10H2,1-2H3,(H,18,19). The largest absolute Gasteiger partial charge is 0.481 e. The summed E-state index contributed by atoms with van der Waals surface area (Å²) in [5.74, 6) is -0.356. The molecule has 0 aromatic heterocycles. The van der Waals surface area contributed by atoms with Gasteiger partial charge in [-0.2, -0.15) is 0 Å². The van der Waals surface area contributed by atoms with Crippen molar-refractivity contribution >= 4 is 11.9 Å². The first-order chi connectivity index (χ1) is 9.43. The Morgan fingerprint density at radius 3 is 2.50 bits per heavy atom. The highest BCUT2D eigenvalue weighted by Crippen LogP contribution is 2.37. The van der Waals surface area contributed by atoms with E-state index in [-0.39, 0.29) is 18.4 Å². The van der Waals surface area contributed by atoms with Crippen molar-refractivity contribution in [1.29, 1.82) is 0 Å². The van der Waals surface area contributed by atoms with Crippen LogP contribution in [0.4, 0.5) is 0 Å². The summed E-state index contributed by atoms with van der Waals surface area (Å²) in [5.41, 5.74) is -0.408. The molecule has 2 N–H and O–H groups in total. The number of nitrogens with zero attached hydrogens (tertiary/aromatic N) is 1. The van der Waals surface area contributed by atoms with Crippen molar-refractivity contribution in [3.63, 3.8) is 0 Å². The van der Waals surface area contributed by atoms with Crippen molar-refractivity contribution < 1.29 is 14.7 Å². The van der Waals surface area contributed by atoms with Gasteiger partial charge in [0, 0.05) is 18.0 Å². The molecule has 5 heteroatoms. The van der Waals surface area contributed by atoms with E-state index in [4.69, 9.17) is 5.11 Å². The molecule has 1 aliphatic carbocycles. The van der Waals surface area contributed by atoms with E-state index >= 15 is 0 Å². The van der Waals surface area contributed by atoms with Gasteiger partial charge in [0.05, 0.1) is 6.42 Å². The first kappa shape index (κ1) is 15.3. The minimum absolute atomic E-state index is 0.0429. The Balaban J connectivity index is 2.02. The van der Waals surface area contributed by atoms with Crippen molar-refractivity contribution in [3.8, 4) is 0 Å². The van der Waals surface area contributed by atoms with E-state index in [0.717, 1.165) is 38.8 Å². The lowest BCUT2D eigenvalue weighted by Gasteiger charge is -2.39. The van der Waals surface area contributed by atoms with Crippen LogP contribution in [0, 0.1) is 11.3 Å². The Morgan fingerprint density at radius 2 is 2.00 bits per heavy atom. The fraction of sp³-hybridized carbons (Fsp3) is 0.867. The number of carboxylic acids is 1. The molecule has 1 saturated carbocycles. The molecule has 2 aliphatic rings. The van der Waals surface area contributed by atoms with Crippen molar-refractivity contribution in [1.82, 2.24) is 10.2 Å². The first-order valence-corrected chi connectivity index (χ1v) is 7.66. The van der Waals surface area contributed by atoms with E-state index in [2.05, 4.69) is 5.32 Å². The zero-order chi connectivity index (χ0) is 14.8. The molecule has 1 aliphatic heterocycles. The zero-order valence-electron chi connectivity index (χ0n) is 12.5. The second-order valence-corrected chi connectivity index (χ2v) is 6.64.